The summed E-state index contributed by atoms with van der Waals surface area (Å²) in [5.74, 6) is 8.00. The molecule has 0 fully saturated rings. The molecular weight excluding hydrogens is 238 g/mol. The zero-order chi connectivity index (χ0) is 14.1. The van der Waals surface area contributed by atoms with Crippen LogP contribution in [0.1, 0.15) is 18.1 Å². The zero-order valence-electron chi connectivity index (χ0n) is 10.2. The third-order valence-electron chi connectivity index (χ3n) is 2.26. The molecule has 7 nitrogen and oxygen atoms in total. The van der Waals surface area contributed by atoms with Crippen molar-refractivity contribution < 1.29 is 15.1 Å². The van der Waals surface area contributed by atoms with E-state index < -0.39 is 11.0 Å². The van der Waals surface area contributed by atoms with Crippen molar-refractivity contribution in [2.45, 2.75) is 25.9 Å². The first-order valence-corrected chi connectivity index (χ1v) is 5.43. The zero-order valence-corrected chi connectivity index (χ0v) is 10.2. The summed E-state index contributed by atoms with van der Waals surface area (Å²) < 4.78 is 0. The van der Waals surface area contributed by atoms with Gasteiger partial charge in [0.2, 0.25) is 0 Å². The molecule has 1 aromatic rings. The molecular formula is C11H19N3O4. The summed E-state index contributed by atoms with van der Waals surface area (Å²) in [7, 11) is 0. The summed E-state index contributed by atoms with van der Waals surface area (Å²) in [5.41, 5.74) is 1.25. The van der Waals surface area contributed by atoms with Crippen molar-refractivity contribution in [3.63, 3.8) is 0 Å². The van der Waals surface area contributed by atoms with Crippen LogP contribution in [0.25, 0.3) is 0 Å². The van der Waals surface area contributed by atoms with Gasteiger partial charge in [-0.25, -0.2) is 0 Å². The number of rotatable bonds is 5. The van der Waals surface area contributed by atoms with E-state index in [1.807, 2.05) is 0 Å². The summed E-state index contributed by atoms with van der Waals surface area (Å²) >= 11 is 0. The van der Waals surface area contributed by atoms with Crippen LogP contribution in [0, 0.1) is 10.1 Å². The fourth-order valence-corrected chi connectivity index (χ4v) is 1.55. The number of nitro benzene ring substituents is 1. The van der Waals surface area contributed by atoms with Gasteiger partial charge in [0.25, 0.3) is 5.69 Å². The summed E-state index contributed by atoms with van der Waals surface area (Å²) in [5, 5.41) is 28.8. The Hall–Kier alpha value is -1.54. The van der Waals surface area contributed by atoms with Gasteiger partial charge in [0.05, 0.1) is 11.0 Å². The van der Waals surface area contributed by atoms with Crippen molar-refractivity contribution >= 4 is 5.69 Å². The molecule has 0 saturated carbocycles. The van der Waals surface area contributed by atoms with Crippen LogP contribution in [0.3, 0.4) is 0 Å². The van der Waals surface area contributed by atoms with Crippen molar-refractivity contribution in [3.8, 4) is 0 Å². The van der Waals surface area contributed by atoms with Gasteiger partial charge in [-0.2, -0.15) is 0 Å². The number of nitrogens with zero attached hydrogens (tertiary/aromatic N) is 1. The Bertz CT molecular complexity index is 383. The SMILES string of the molecule is CC(O)Cc1ccc(CCO)cc1[N+](=O)[O-].NN. The van der Waals surface area contributed by atoms with Crippen LogP contribution in [0.4, 0.5) is 5.69 Å². The third-order valence-corrected chi connectivity index (χ3v) is 2.26. The Morgan fingerprint density at radius 1 is 1.44 bits per heavy atom. The molecule has 0 aromatic heterocycles. The predicted octanol–water partition coefficient (Wildman–Crippen LogP) is -0.128. The maximum absolute atomic E-state index is 10.8. The molecule has 0 radical (unpaired) electrons. The van der Waals surface area contributed by atoms with E-state index in [1.165, 1.54) is 6.07 Å². The monoisotopic (exact) mass is 257 g/mol. The van der Waals surface area contributed by atoms with E-state index in [9.17, 15) is 15.2 Å². The Balaban J connectivity index is 0.00000137. The van der Waals surface area contributed by atoms with Crippen LogP contribution in [0.15, 0.2) is 18.2 Å². The fraction of sp³-hybridized carbons (Fsp3) is 0.455. The van der Waals surface area contributed by atoms with Crippen molar-refractivity contribution in [3.05, 3.63) is 39.4 Å². The molecule has 1 aromatic carbocycles. The molecule has 1 atom stereocenters. The minimum Gasteiger partial charge on any atom is -0.396 e. The molecule has 102 valence electrons. The largest absolute Gasteiger partial charge is 0.396 e. The Morgan fingerprint density at radius 3 is 2.50 bits per heavy atom. The lowest BCUT2D eigenvalue weighted by molar-refractivity contribution is -0.385. The second-order valence-electron chi connectivity index (χ2n) is 3.75. The minimum atomic E-state index is -0.609. The van der Waals surface area contributed by atoms with E-state index in [2.05, 4.69) is 11.7 Å². The van der Waals surface area contributed by atoms with Crippen molar-refractivity contribution in [1.82, 2.24) is 0 Å². The highest BCUT2D eigenvalue weighted by molar-refractivity contribution is 5.43. The van der Waals surface area contributed by atoms with Crippen LogP contribution in [-0.4, -0.2) is 27.8 Å². The van der Waals surface area contributed by atoms with Gasteiger partial charge >= 0.3 is 0 Å². The number of hydrogen-bond donors (Lipinski definition) is 4. The van der Waals surface area contributed by atoms with Gasteiger partial charge in [0.1, 0.15) is 0 Å². The predicted molar refractivity (Wildman–Crippen MR) is 67.6 cm³/mol. The molecule has 1 rings (SSSR count). The number of hydrogen-bond acceptors (Lipinski definition) is 6. The average molecular weight is 257 g/mol. The van der Waals surface area contributed by atoms with E-state index in [-0.39, 0.29) is 18.7 Å². The van der Waals surface area contributed by atoms with Gasteiger partial charge in [0, 0.05) is 24.7 Å². The Morgan fingerprint density at radius 2 is 2.06 bits per heavy atom. The minimum absolute atomic E-state index is 0.00634. The highest BCUT2D eigenvalue weighted by Crippen LogP contribution is 2.22. The quantitative estimate of drug-likeness (QED) is 0.329. The maximum Gasteiger partial charge on any atom is 0.272 e. The molecule has 0 bridgehead atoms. The lowest BCUT2D eigenvalue weighted by Crippen LogP contribution is -2.07. The Kier molecular flexibility index (Phi) is 7.81. The lowest BCUT2D eigenvalue weighted by Gasteiger charge is -2.07. The van der Waals surface area contributed by atoms with Gasteiger partial charge in [-0.05, 0) is 18.9 Å². The normalized spacial score (nSPS) is 11.4. The standard InChI is InChI=1S/C11H15NO4.H4N2/c1-8(14)6-10-3-2-9(4-5-13)7-11(10)12(15)16;1-2/h2-3,7-8,13-14H,4-6H2,1H3;1-2H2. The van der Waals surface area contributed by atoms with E-state index in [1.54, 1.807) is 19.1 Å². The van der Waals surface area contributed by atoms with Gasteiger partial charge in [-0.15, -0.1) is 0 Å². The molecule has 0 amide bonds. The molecule has 0 aliphatic heterocycles. The van der Waals surface area contributed by atoms with Crippen LogP contribution >= 0.6 is 0 Å². The first-order chi connectivity index (χ1) is 8.54. The molecule has 0 heterocycles. The number of nitro groups is 1. The number of aliphatic hydroxyl groups is 2. The smallest absolute Gasteiger partial charge is 0.272 e. The number of benzene rings is 1. The number of hydrazine groups is 1. The molecule has 0 spiro atoms. The second kappa shape index (κ2) is 8.54. The topological polar surface area (TPSA) is 136 Å². The van der Waals surface area contributed by atoms with Crippen LogP contribution in [0.5, 0.6) is 0 Å². The maximum atomic E-state index is 10.8. The molecule has 0 aliphatic carbocycles. The molecule has 6 N–H and O–H groups in total. The van der Waals surface area contributed by atoms with Crippen molar-refractivity contribution in [2.75, 3.05) is 6.61 Å². The average Bonchev–Trinajstić information content (AvgIpc) is 2.33. The highest BCUT2D eigenvalue weighted by Gasteiger charge is 2.15. The molecule has 1 unspecified atom stereocenters. The van der Waals surface area contributed by atoms with E-state index >= 15 is 0 Å². The fourth-order valence-electron chi connectivity index (χ4n) is 1.55. The van der Waals surface area contributed by atoms with Crippen LogP contribution < -0.4 is 11.7 Å². The van der Waals surface area contributed by atoms with Crippen LogP contribution in [0.2, 0.25) is 0 Å². The third kappa shape index (κ3) is 5.19. The first kappa shape index (κ1) is 16.5. The number of nitrogens with two attached hydrogens (primary N) is 2. The summed E-state index contributed by atoms with van der Waals surface area (Å²) in [6, 6.07) is 4.82. The molecule has 7 heteroatoms. The van der Waals surface area contributed by atoms with E-state index in [0.717, 1.165) is 5.56 Å². The lowest BCUT2D eigenvalue weighted by atomic mass is 10.0. The van der Waals surface area contributed by atoms with Gasteiger partial charge in [-0.1, -0.05) is 12.1 Å². The highest BCUT2D eigenvalue weighted by atomic mass is 16.6. The van der Waals surface area contributed by atoms with Gasteiger partial charge in [-0.3, -0.25) is 21.8 Å². The summed E-state index contributed by atoms with van der Waals surface area (Å²) in [6.07, 6.45) is 0.0494. The van der Waals surface area contributed by atoms with Gasteiger partial charge in [0.15, 0.2) is 0 Å². The first-order valence-electron chi connectivity index (χ1n) is 5.43. The second-order valence-corrected chi connectivity index (χ2v) is 3.75. The van der Waals surface area contributed by atoms with E-state index in [4.69, 9.17) is 5.11 Å². The Labute approximate surface area is 105 Å². The summed E-state index contributed by atoms with van der Waals surface area (Å²) in [6.45, 7) is 1.55. The van der Waals surface area contributed by atoms with Crippen molar-refractivity contribution in [2.24, 2.45) is 11.7 Å². The van der Waals surface area contributed by atoms with Crippen LogP contribution in [-0.2, 0) is 12.8 Å². The van der Waals surface area contributed by atoms with Gasteiger partial charge < -0.3 is 10.2 Å². The summed E-state index contributed by atoms with van der Waals surface area (Å²) in [4.78, 5) is 10.4. The molecule has 0 saturated heterocycles. The van der Waals surface area contributed by atoms with Crippen molar-refractivity contribution in [1.29, 1.82) is 0 Å². The molecule has 18 heavy (non-hydrogen) atoms. The van der Waals surface area contributed by atoms with E-state index in [0.29, 0.717) is 12.0 Å². The molecule has 0 aliphatic rings. The number of aliphatic hydroxyl groups excluding tert-OH is 2.